The van der Waals surface area contributed by atoms with E-state index in [1.165, 1.54) is 6.07 Å². The quantitative estimate of drug-likeness (QED) is 0.679. The Morgan fingerprint density at radius 1 is 1.09 bits per heavy atom. The van der Waals surface area contributed by atoms with E-state index in [1.807, 2.05) is 5.32 Å². The topological polar surface area (TPSA) is 44.9 Å². The van der Waals surface area contributed by atoms with Crippen molar-refractivity contribution in [2.75, 3.05) is 5.32 Å². The van der Waals surface area contributed by atoms with Crippen LogP contribution in [0.25, 0.3) is 22.2 Å². The number of aromatic amines is 1. The number of para-hydroxylation sites is 1. The minimum absolute atomic E-state index is 0.0764. The number of carbonyl (C=O) groups is 1. The van der Waals surface area contributed by atoms with Gasteiger partial charge in [0.2, 0.25) is 0 Å². The molecule has 7 heteroatoms. The van der Waals surface area contributed by atoms with E-state index in [2.05, 4.69) is 4.98 Å². The van der Waals surface area contributed by atoms with Crippen LogP contribution < -0.4 is 5.32 Å². The van der Waals surface area contributed by atoms with E-state index in [4.69, 9.17) is 11.6 Å². The van der Waals surface area contributed by atoms with Crippen LogP contribution in [0.3, 0.4) is 0 Å². The smallest absolute Gasteiger partial charge is 0.354 e. The molecule has 118 valence electrons. The Balaban J connectivity index is 2.03. The fourth-order valence-electron chi connectivity index (χ4n) is 2.27. The molecule has 2 aromatic carbocycles. The average Bonchev–Trinajstić information content (AvgIpc) is 2.89. The highest BCUT2D eigenvalue weighted by atomic mass is 35.5. The third-order valence-corrected chi connectivity index (χ3v) is 3.54. The number of halogens is 4. The average molecular weight is 339 g/mol. The molecule has 0 aliphatic rings. The van der Waals surface area contributed by atoms with Gasteiger partial charge in [-0.25, -0.2) is 0 Å². The molecule has 0 bridgehead atoms. The zero-order chi connectivity index (χ0) is 16.6. The van der Waals surface area contributed by atoms with Crippen molar-refractivity contribution in [3.05, 3.63) is 53.6 Å². The molecule has 2 N–H and O–H groups in total. The van der Waals surface area contributed by atoms with Crippen molar-refractivity contribution in [3.8, 4) is 11.3 Å². The van der Waals surface area contributed by atoms with Crippen LogP contribution in [0.15, 0.2) is 48.5 Å². The molecule has 0 saturated carbocycles. The van der Waals surface area contributed by atoms with Gasteiger partial charge in [-0.3, -0.25) is 4.79 Å². The van der Waals surface area contributed by atoms with Crippen LogP contribution in [-0.4, -0.2) is 17.1 Å². The van der Waals surface area contributed by atoms with Gasteiger partial charge in [-0.15, -0.1) is 0 Å². The second kappa shape index (κ2) is 5.62. The number of rotatable bonds is 2. The normalized spacial score (nSPS) is 11.7. The summed E-state index contributed by atoms with van der Waals surface area (Å²) in [7, 11) is 0. The summed E-state index contributed by atoms with van der Waals surface area (Å²) in [5.41, 5.74) is 1.91. The first-order valence-corrected chi connectivity index (χ1v) is 6.98. The van der Waals surface area contributed by atoms with Gasteiger partial charge >= 0.3 is 12.1 Å². The molecule has 1 heterocycles. The van der Waals surface area contributed by atoms with Crippen LogP contribution in [-0.2, 0) is 4.79 Å². The summed E-state index contributed by atoms with van der Waals surface area (Å²) in [4.78, 5) is 14.3. The summed E-state index contributed by atoms with van der Waals surface area (Å²) in [6.45, 7) is 0. The maximum atomic E-state index is 12.4. The zero-order valence-electron chi connectivity index (χ0n) is 11.5. The van der Waals surface area contributed by atoms with Gasteiger partial charge in [0.15, 0.2) is 0 Å². The lowest BCUT2D eigenvalue weighted by molar-refractivity contribution is -0.167. The number of amides is 1. The summed E-state index contributed by atoms with van der Waals surface area (Å²) in [5.74, 6) is -2.01. The number of benzene rings is 2. The highest BCUT2D eigenvalue weighted by Crippen LogP contribution is 2.32. The molecule has 3 aromatic rings. The van der Waals surface area contributed by atoms with E-state index in [0.717, 1.165) is 10.9 Å². The number of alkyl halides is 3. The van der Waals surface area contributed by atoms with E-state index in [1.54, 1.807) is 42.5 Å². The Bertz CT molecular complexity index is 886. The molecule has 0 fully saturated rings. The van der Waals surface area contributed by atoms with Gasteiger partial charge in [0, 0.05) is 27.2 Å². The fourth-order valence-corrected chi connectivity index (χ4v) is 2.45. The predicted octanol–water partition coefficient (Wildman–Crippen LogP) is 4.99. The molecule has 0 aliphatic carbocycles. The largest absolute Gasteiger partial charge is 0.471 e. The first kappa shape index (κ1) is 15.4. The first-order valence-electron chi connectivity index (χ1n) is 6.60. The molecule has 0 unspecified atom stereocenters. The van der Waals surface area contributed by atoms with Crippen molar-refractivity contribution in [1.82, 2.24) is 4.98 Å². The maximum Gasteiger partial charge on any atom is 0.471 e. The second-order valence-corrected chi connectivity index (χ2v) is 5.35. The highest BCUT2D eigenvalue weighted by Gasteiger charge is 2.39. The molecular weight excluding hydrogens is 329 g/mol. The van der Waals surface area contributed by atoms with E-state index in [0.29, 0.717) is 16.3 Å². The molecule has 0 spiro atoms. The molecule has 23 heavy (non-hydrogen) atoms. The van der Waals surface area contributed by atoms with Crippen molar-refractivity contribution in [2.45, 2.75) is 6.18 Å². The summed E-state index contributed by atoms with van der Waals surface area (Å²) in [6, 6.07) is 13.3. The standard InChI is InChI=1S/C16H10ClF3N2O/c17-10-5-6-12-9(7-10)8-14(21-12)11-3-1-2-4-13(11)22-15(23)16(18,19)20/h1-8,21H,(H,22,23). The van der Waals surface area contributed by atoms with Crippen molar-refractivity contribution in [2.24, 2.45) is 0 Å². The van der Waals surface area contributed by atoms with Crippen LogP contribution >= 0.6 is 11.6 Å². The number of H-pyrrole nitrogens is 1. The lowest BCUT2D eigenvalue weighted by atomic mass is 10.1. The Hall–Kier alpha value is -2.47. The van der Waals surface area contributed by atoms with Gasteiger partial charge in [-0.2, -0.15) is 13.2 Å². The van der Waals surface area contributed by atoms with Crippen molar-refractivity contribution >= 4 is 34.1 Å². The van der Waals surface area contributed by atoms with Crippen molar-refractivity contribution in [3.63, 3.8) is 0 Å². The van der Waals surface area contributed by atoms with Gasteiger partial charge in [0.25, 0.3) is 0 Å². The first-order chi connectivity index (χ1) is 10.8. The van der Waals surface area contributed by atoms with E-state index in [-0.39, 0.29) is 5.69 Å². The SMILES string of the molecule is O=C(Nc1ccccc1-c1cc2cc(Cl)ccc2[nH]1)C(F)(F)F. The predicted molar refractivity (Wildman–Crippen MR) is 83.4 cm³/mol. The molecule has 0 aliphatic heterocycles. The zero-order valence-corrected chi connectivity index (χ0v) is 12.3. The number of hydrogen-bond acceptors (Lipinski definition) is 1. The Kier molecular flexibility index (Phi) is 3.77. The lowest BCUT2D eigenvalue weighted by Crippen LogP contribution is -2.30. The lowest BCUT2D eigenvalue weighted by Gasteiger charge is -2.11. The fraction of sp³-hybridized carbons (Fsp3) is 0.0625. The molecule has 0 saturated heterocycles. The van der Waals surface area contributed by atoms with Crippen LogP contribution in [0.2, 0.25) is 5.02 Å². The number of fused-ring (bicyclic) bond motifs is 1. The minimum atomic E-state index is -4.94. The minimum Gasteiger partial charge on any atom is -0.354 e. The van der Waals surface area contributed by atoms with Crippen molar-refractivity contribution in [1.29, 1.82) is 0 Å². The van der Waals surface area contributed by atoms with Gasteiger partial charge in [-0.05, 0) is 30.3 Å². The molecule has 1 amide bonds. The summed E-state index contributed by atoms with van der Waals surface area (Å²) >= 11 is 5.93. The van der Waals surface area contributed by atoms with E-state index >= 15 is 0 Å². The summed E-state index contributed by atoms with van der Waals surface area (Å²) < 4.78 is 37.3. The van der Waals surface area contributed by atoms with E-state index in [9.17, 15) is 18.0 Å². The number of nitrogens with one attached hydrogen (secondary N) is 2. The number of carbonyl (C=O) groups excluding carboxylic acids is 1. The number of hydrogen-bond donors (Lipinski definition) is 2. The molecule has 3 rings (SSSR count). The van der Waals surface area contributed by atoms with Gasteiger partial charge in [0.1, 0.15) is 0 Å². The highest BCUT2D eigenvalue weighted by molar-refractivity contribution is 6.31. The molecule has 1 aromatic heterocycles. The van der Waals surface area contributed by atoms with Crippen LogP contribution in [0, 0.1) is 0 Å². The van der Waals surface area contributed by atoms with Crippen LogP contribution in [0.1, 0.15) is 0 Å². The van der Waals surface area contributed by atoms with Gasteiger partial charge in [0.05, 0.1) is 5.69 Å². The van der Waals surface area contributed by atoms with E-state index < -0.39 is 12.1 Å². The molecule has 3 nitrogen and oxygen atoms in total. The number of aromatic nitrogens is 1. The molecular formula is C16H10ClF3N2O. The van der Waals surface area contributed by atoms with Crippen LogP contribution in [0.4, 0.5) is 18.9 Å². The molecule has 0 radical (unpaired) electrons. The van der Waals surface area contributed by atoms with Gasteiger partial charge < -0.3 is 10.3 Å². The Morgan fingerprint density at radius 2 is 1.83 bits per heavy atom. The monoisotopic (exact) mass is 338 g/mol. The van der Waals surface area contributed by atoms with Crippen LogP contribution in [0.5, 0.6) is 0 Å². The Morgan fingerprint density at radius 3 is 2.57 bits per heavy atom. The molecule has 0 atom stereocenters. The third-order valence-electron chi connectivity index (χ3n) is 3.31. The third kappa shape index (κ3) is 3.17. The summed E-state index contributed by atoms with van der Waals surface area (Å²) in [6.07, 6.45) is -4.94. The Labute approximate surface area is 134 Å². The second-order valence-electron chi connectivity index (χ2n) is 4.91. The summed E-state index contributed by atoms with van der Waals surface area (Å²) in [5, 5.41) is 3.28. The maximum absolute atomic E-state index is 12.4. The van der Waals surface area contributed by atoms with Gasteiger partial charge in [-0.1, -0.05) is 29.8 Å². The van der Waals surface area contributed by atoms with Crippen molar-refractivity contribution < 1.29 is 18.0 Å². The number of anilines is 1.